The lowest BCUT2D eigenvalue weighted by Crippen LogP contribution is -2.12. The molecule has 0 aliphatic carbocycles. The highest BCUT2D eigenvalue weighted by Gasteiger charge is 2.16. The second kappa shape index (κ2) is 9.57. The average Bonchev–Trinajstić information content (AvgIpc) is 3.29. The van der Waals surface area contributed by atoms with E-state index in [0.29, 0.717) is 27.8 Å². The fraction of sp³-hybridized carbons (Fsp3) is 0.0833. The van der Waals surface area contributed by atoms with Crippen LogP contribution in [0.4, 0.5) is 14.5 Å². The summed E-state index contributed by atoms with van der Waals surface area (Å²) in [5.74, 6) is -0.564. The van der Waals surface area contributed by atoms with E-state index in [1.54, 1.807) is 55.0 Å². The van der Waals surface area contributed by atoms with Crippen LogP contribution in [-0.4, -0.2) is 18.0 Å². The van der Waals surface area contributed by atoms with E-state index in [1.165, 1.54) is 23.5 Å². The number of nitrogens with zero attached hydrogens (tertiary/aromatic N) is 1. The van der Waals surface area contributed by atoms with Crippen LogP contribution in [0, 0.1) is 11.6 Å². The average molecular weight is 452 g/mol. The van der Waals surface area contributed by atoms with Crippen LogP contribution in [0.3, 0.4) is 0 Å². The largest absolute Gasteiger partial charge is 0.497 e. The second-order valence-corrected chi connectivity index (χ2v) is 7.60. The number of hydrogen-bond donors (Lipinski definition) is 1. The molecule has 0 saturated carbocycles. The summed E-state index contributed by atoms with van der Waals surface area (Å²) in [5.41, 5.74) is 1.75. The number of thiazole rings is 1. The van der Waals surface area contributed by atoms with Gasteiger partial charge in [-0.3, -0.25) is 4.79 Å². The van der Waals surface area contributed by atoms with E-state index < -0.39 is 11.6 Å². The number of hydrogen-bond acceptors (Lipinski definition) is 5. The zero-order valence-electron chi connectivity index (χ0n) is 17.0. The number of aromatic nitrogens is 1. The molecular formula is C24H18F2N2O3S. The van der Waals surface area contributed by atoms with E-state index in [-0.39, 0.29) is 23.8 Å². The molecule has 0 spiro atoms. The van der Waals surface area contributed by atoms with Gasteiger partial charge in [0.25, 0.3) is 5.91 Å². The third-order valence-corrected chi connectivity index (χ3v) is 5.46. The summed E-state index contributed by atoms with van der Waals surface area (Å²) in [6, 6.07) is 17.5. The Labute approximate surface area is 187 Å². The van der Waals surface area contributed by atoms with Gasteiger partial charge in [0.1, 0.15) is 40.4 Å². The molecule has 0 saturated heterocycles. The minimum Gasteiger partial charge on any atom is -0.497 e. The standard InChI is InChI=1S/C24H18F2N2O3S/c1-30-18-6-4-5-17(12-18)27-23(29)21-14-32-24(28-21)19-7-2-3-8-22(19)31-13-15-9-10-16(25)11-20(15)26/h2-12,14H,13H2,1H3,(H,27,29). The lowest BCUT2D eigenvalue weighted by molar-refractivity contribution is 0.102. The minimum atomic E-state index is -0.673. The van der Waals surface area contributed by atoms with Crippen LogP contribution >= 0.6 is 11.3 Å². The first-order valence-corrected chi connectivity index (χ1v) is 10.5. The maximum absolute atomic E-state index is 13.9. The topological polar surface area (TPSA) is 60.5 Å². The zero-order chi connectivity index (χ0) is 22.5. The van der Waals surface area contributed by atoms with Crippen molar-refractivity contribution in [1.82, 2.24) is 4.98 Å². The minimum absolute atomic E-state index is 0.0717. The molecule has 0 aliphatic heterocycles. The molecule has 8 heteroatoms. The van der Waals surface area contributed by atoms with Gasteiger partial charge in [-0.2, -0.15) is 0 Å². The van der Waals surface area contributed by atoms with Crippen LogP contribution in [0.1, 0.15) is 16.1 Å². The van der Waals surface area contributed by atoms with Gasteiger partial charge in [-0.15, -0.1) is 11.3 Å². The third kappa shape index (κ3) is 4.92. The quantitative estimate of drug-likeness (QED) is 0.378. The molecule has 1 aromatic heterocycles. The molecule has 4 rings (SSSR count). The maximum Gasteiger partial charge on any atom is 0.275 e. The normalized spacial score (nSPS) is 10.6. The number of anilines is 1. The molecule has 0 radical (unpaired) electrons. The van der Waals surface area contributed by atoms with Gasteiger partial charge >= 0.3 is 0 Å². The summed E-state index contributed by atoms with van der Waals surface area (Å²) in [4.78, 5) is 17.0. The van der Waals surface area contributed by atoms with Crippen molar-refractivity contribution in [3.63, 3.8) is 0 Å². The second-order valence-electron chi connectivity index (χ2n) is 6.74. The molecular weight excluding hydrogens is 434 g/mol. The lowest BCUT2D eigenvalue weighted by Gasteiger charge is -2.10. The summed E-state index contributed by atoms with van der Waals surface area (Å²) in [5, 5.41) is 5.03. The van der Waals surface area contributed by atoms with Crippen LogP contribution in [0.25, 0.3) is 10.6 Å². The van der Waals surface area contributed by atoms with Crippen molar-refractivity contribution < 1.29 is 23.0 Å². The molecule has 1 amide bonds. The van der Waals surface area contributed by atoms with Gasteiger partial charge in [0.15, 0.2) is 0 Å². The number of rotatable bonds is 7. The molecule has 0 bridgehead atoms. The highest BCUT2D eigenvalue weighted by Crippen LogP contribution is 2.33. The van der Waals surface area contributed by atoms with Gasteiger partial charge < -0.3 is 14.8 Å². The number of amides is 1. The van der Waals surface area contributed by atoms with Crippen molar-refractivity contribution in [2.45, 2.75) is 6.61 Å². The summed E-state index contributed by atoms with van der Waals surface area (Å²) in [7, 11) is 1.55. The molecule has 1 heterocycles. The molecule has 0 unspecified atom stereocenters. The first-order valence-electron chi connectivity index (χ1n) is 9.60. The number of carbonyl (C=O) groups is 1. The lowest BCUT2D eigenvalue weighted by atomic mass is 10.2. The van der Waals surface area contributed by atoms with Crippen molar-refractivity contribution in [3.8, 4) is 22.1 Å². The Morgan fingerprint density at radius 3 is 2.72 bits per heavy atom. The Morgan fingerprint density at radius 1 is 1.06 bits per heavy atom. The summed E-state index contributed by atoms with van der Waals surface area (Å²) >= 11 is 1.29. The van der Waals surface area contributed by atoms with Crippen molar-refractivity contribution >= 4 is 22.9 Å². The SMILES string of the molecule is COc1cccc(NC(=O)c2csc(-c3ccccc3OCc3ccc(F)cc3F)n2)c1. The zero-order valence-corrected chi connectivity index (χ0v) is 17.8. The van der Waals surface area contributed by atoms with E-state index in [0.717, 1.165) is 6.07 Å². The van der Waals surface area contributed by atoms with Gasteiger partial charge in [-0.05, 0) is 36.4 Å². The van der Waals surface area contributed by atoms with E-state index in [9.17, 15) is 13.6 Å². The van der Waals surface area contributed by atoms with Crippen LogP contribution in [0.2, 0.25) is 0 Å². The molecule has 32 heavy (non-hydrogen) atoms. The molecule has 1 N–H and O–H groups in total. The first-order chi connectivity index (χ1) is 15.5. The number of carbonyl (C=O) groups excluding carboxylic acids is 1. The van der Waals surface area contributed by atoms with Gasteiger partial charge in [-0.25, -0.2) is 13.8 Å². The third-order valence-electron chi connectivity index (χ3n) is 4.58. The van der Waals surface area contributed by atoms with E-state index >= 15 is 0 Å². The number of para-hydroxylation sites is 1. The smallest absolute Gasteiger partial charge is 0.275 e. The number of nitrogens with one attached hydrogen (secondary N) is 1. The van der Waals surface area contributed by atoms with E-state index in [2.05, 4.69) is 10.3 Å². The van der Waals surface area contributed by atoms with E-state index in [1.807, 2.05) is 6.07 Å². The van der Waals surface area contributed by atoms with Crippen LogP contribution in [0.5, 0.6) is 11.5 Å². The van der Waals surface area contributed by atoms with E-state index in [4.69, 9.17) is 9.47 Å². The monoisotopic (exact) mass is 452 g/mol. The fourth-order valence-corrected chi connectivity index (χ4v) is 3.79. The van der Waals surface area contributed by atoms with Crippen molar-refractivity contribution in [2.75, 3.05) is 12.4 Å². The van der Waals surface area contributed by atoms with Gasteiger partial charge in [0.2, 0.25) is 0 Å². The molecule has 0 atom stereocenters. The van der Waals surface area contributed by atoms with Crippen LogP contribution < -0.4 is 14.8 Å². The number of ether oxygens (including phenoxy) is 2. The summed E-state index contributed by atoms with van der Waals surface area (Å²) in [6.45, 7) is -0.0717. The fourth-order valence-electron chi connectivity index (χ4n) is 2.96. The Kier molecular flexibility index (Phi) is 6.42. The molecule has 0 aliphatic rings. The first kappa shape index (κ1) is 21.5. The van der Waals surface area contributed by atoms with Crippen molar-refractivity contribution in [1.29, 1.82) is 0 Å². The molecule has 5 nitrogen and oxygen atoms in total. The Bertz CT molecular complexity index is 1260. The molecule has 4 aromatic rings. The molecule has 0 fully saturated rings. The molecule has 3 aromatic carbocycles. The number of benzene rings is 3. The summed E-state index contributed by atoms with van der Waals surface area (Å²) in [6.07, 6.45) is 0. The van der Waals surface area contributed by atoms with Gasteiger partial charge in [0, 0.05) is 28.8 Å². The Hall–Kier alpha value is -3.78. The van der Waals surface area contributed by atoms with Gasteiger partial charge in [-0.1, -0.05) is 18.2 Å². The van der Waals surface area contributed by atoms with Crippen molar-refractivity contribution in [2.24, 2.45) is 0 Å². The predicted molar refractivity (Wildman–Crippen MR) is 119 cm³/mol. The molecule has 162 valence electrons. The Morgan fingerprint density at radius 2 is 1.91 bits per heavy atom. The van der Waals surface area contributed by atoms with Gasteiger partial charge in [0.05, 0.1) is 12.7 Å². The van der Waals surface area contributed by atoms with Crippen LogP contribution in [-0.2, 0) is 6.61 Å². The Balaban J connectivity index is 1.50. The number of halogens is 2. The maximum atomic E-state index is 13.9. The van der Waals surface area contributed by atoms with Crippen molar-refractivity contribution in [3.05, 3.63) is 95.0 Å². The predicted octanol–water partition coefficient (Wildman–Crippen LogP) is 5.93. The van der Waals surface area contributed by atoms with Crippen LogP contribution in [0.15, 0.2) is 72.1 Å². The number of methoxy groups -OCH3 is 1. The highest BCUT2D eigenvalue weighted by molar-refractivity contribution is 7.13. The highest BCUT2D eigenvalue weighted by atomic mass is 32.1. The summed E-state index contributed by atoms with van der Waals surface area (Å²) < 4.78 is 38.0.